The van der Waals surface area contributed by atoms with Crippen LogP contribution in [0.3, 0.4) is 0 Å². The molecule has 0 amide bonds. The largest absolute Gasteiger partial charge is 0.315 e. The minimum Gasteiger partial charge on any atom is -0.315 e. The van der Waals surface area contributed by atoms with Crippen molar-refractivity contribution in [3.05, 3.63) is 308 Å². The fourth-order valence-corrected chi connectivity index (χ4v) is 13.1. The quantitative estimate of drug-likeness (QED) is 0.115. The predicted molar refractivity (Wildman–Crippen MR) is 358 cm³/mol. The molecule has 0 aliphatic carbocycles. The summed E-state index contributed by atoms with van der Waals surface area (Å²) in [6.07, 6.45) is 6.29. The molecule has 0 aliphatic heterocycles. The molecule has 0 atom stereocenters. The Kier molecular flexibility index (Phi) is 12.8. The molecule has 0 spiro atoms. The molecule has 84 heavy (non-hydrogen) atoms. The second-order valence-corrected chi connectivity index (χ2v) is 22.0. The maximum atomic E-state index is 8.21. The standard InChI is InChI=1S/C78H58ClN5/c1-3-53-39-43-59(44-40-53)82(60-45-41-54(4-2)42-46-60)61-51-76(80-49-47-66-68(80)31-17-37-74(66)83(70-33-13-23-55-19-5-9-27-62(55)70)71-34-14-24-56-20-6-10-28-63(56)71)78(79)77(52-61)81-50-48-67-69(81)32-18-38-75(67)84(72-35-15-25-57-21-7-11-29-64(57)72)73-36-16-26-58-22-8-12-30-65(58)73/h5-52H,3-4H2,1-2H3. The van der Waals surface area contributed by atoms with Gasteiger partial charge in [-0.25, -0.2) is 0 Å². The van der Waals surface area contributed by atoms with E-state index >= 15 is 0 Å². The van der Waals surface area contributed by atoms with E-state index in [4.69, 9.17) is 11.6 Å². The third-order valence-electron chi connectivity index (χ3n) is 16.9. The van der Waals surface area contributed by atoms with Crippen molar-refractivity contribution in [1.82, 2.24) is 9.13 Å². The highest BCUT2D eigenvalue weighted by Crippen LogP contribution is 2.49. The molecule has 0 N–H and O–H groups in total. The van der Waals surface area contributed by atoms with Gasteiger partial charge in [0.05, 0.1) is 67.2 Å². The van der Waals surface area contributed by atoms with Crippen LogP contribution in [0.2, 0.25) is 5.02 Å². The summed E-state index contributed by atoms with van der Waals surface area (Å²) in [4.78, 5) is 7.28. The molecule has 15 aromatic rings. The topological polar surface area (TPSA) is 19.6 Å². The maximum absolute atomic E-state index is 8.21. The van der Waals surface area contributed by atoms with E-state index in [0.29, 0.717) is 5.02 Å². The lowest BCUT2D eigenvalue weighted by Gasteiger charge is -2.29. The van der Waals surface area contributed by atoms with E-state index in [1.807, 2.05) is 0 Å². The fourth-order valence-electron chi connectivity index (χ4n) is 12.8. The van der Waals surface area contributed by atoms with Crippen molar-refractivity contribution < 1.29 is 0 Å². The van der Waals surface area contributed by atoms with E-state index in [9.17, 15) is 0 Å². The van der Waals surface area contributed by atoms with Crippen LogP contribution < -0.4 is 14.7 Å². The minimum absolute atomic E-state index is 0.618. The molecule has 0 saturated heterocycles. The van der Waals surface area contributed by atoms with Crippen LogP contribution in [0, 0.1) is 0 Å². The number of aromatic nitrogens is 2. The second-order valence-electron chi connectivity index (χ2n) is 21.6. The zero-order valence-electron chi connectivity index (χ0n) is 46.7. The molecule has 0 aliphatic rings. The van der Waals surface area contributed by atoms with Gasteiger partial charge in [-0.3, -0.25) is 0 Å². The molecule has 0 fully saturated rings. The monoisotopic (exact) mass is 1100 g/mol. The van der Waals surface area contributed by atoms with E-state index in [0.717, 1.165) is 97.2 Å². The highest BCUT2D eigenvalue weighted by Gasteiger charge is 2.26. The summed E-state index contributed by atoms with van der Waals surface area (Å²) in [5, 5.41) is 12.2. The Balaban J connectivity index is 0.976. The lowest BCUT2D eigenvalue weighted by molar-refractivity contribution is 1.08. The predicted octanol–water partition coefficient (Wildman–Crippen LogP) is 22.4. The maximum Gasteiger partial charge on any atom is 0.0888 e. The molecule has 2 heterocycles. The van der Waals surface area contributed by atoms with E-state index in [-0.39, 0.29) is 0 Å². The summed E-state index contributed by atoms with van der Waals surface area (Å²) in [5.41, 5.74) is 15.9. The lowest BCUT2D eigenvalue weighted by atomic mass is 10.0. The molecular formula is C78H58ClN5. The zero-order chi connectivity index (χ0) is 56.3. The number of fused-ring (bicyclic) bond motifs is 6. The van der Waals surface area contributed by atoms with Gasteiger partial charge in [-0.15, -0.1) is 0 Å². The molecule has 402 valence electrons. The Hall–Kier alpha value is -10.3. The number of nitrogens with zero attached hydrogens (tertiary/aromatic N) is 5. The Labute approximate surface area is 494 Å². The average Bonchev–Trinajstić information content (AvgIpc) is 2.64. The number of anilines is 9. The van der Waals surface area contributed by atoms with E-state index < -0.39 is 0 Å². The van der Waals surface area contributed by atoms with Crippen molar-refractivity contribution in [2.24, 2.45) is 0 Å². The van der Waals surface area contributed by atoms with Gasteiger partial charge in [-0.2, -0.15) is 0 Å². The number of hydrogen-bond acceptors (Lipinski definition) is 3. The molecular weight excluding hydrogens is 1040 g/mol. The fraction of sp³-hybridized carbons (Fsp3) is 0.0513. The normalized spacial score (nSPS) is 11.6. The van der Waals surface area contributed by atoms with Gasteiger partial charge in [0.15, 0.2) is 0 Å². The minimum atomic E-state index is 0.618. The smallest absolute Gasteiger partial charge is 0.0888 e. The first-order chi connectivity index (χ1) is 41.5. The summed E-state index contributed by atoms with van der Waals surface area (Å²) >= 11 is 8.21. The molecule has 0 unspecified atom stereocenters. The zero-order valence-corrected chi connectivity index (χ0v) is 47.5. The summed E-state index contributed by atoms with van der Waals surface area (Å²) in [7, 11) is 0. The van der Waals surface area contributed by atoms with Crippen molar-refractivity contribution in [3.63, 3.8) is 0 Å². The summed E-state index contributed by atoms with van der Waals surface area (Å²) < 4.78 is 4.58. The molecule has 15 rings (SSSR count). The van der Waals surface area contributed by atoms with Gasteiger partial charge in [-0.1, -0.05) is 207 Å². The Morgan fingerprint density at radius 2 is 0.583 bits per heavy atom. The van der Waals surface area contributed by atoms with Crippen LogP contribution in [0.1, 0.15) is 25.0 Å². The number of rotatable bonds is 13. The van der Waals surface area contributed by atoms with Crippen molar-refractivity contribution in [2.75, 3.05) is 14.7 Å². The third-order valence-corrected chi connectivity index (χ3v) is 17.3. The number of benzene rings is 13. The lowest BCUT2D eigenvalue weighted by Crippen LogP contribution is -2.13. The third kappa shape index (κ3) is 8.63. The molecule has 5 nitrogen and oxygen atoms in total. The highest BCUT2D eigenvalue weighted by atomic mass is 35.5. The molecule has 2 aromatic heterocycles. The molecule has 0 radical (unpaired) electrons. The molecule has 0 saturated carbocycles. The number of aryl methyl sites for hydroxylation is 2. The van der Waals surface area contributed by atoms with E-state index in [2.05, 4.69) is 329 Å². The van der Waals surface area contributed by atoms with E-state index in [1.165, 1.54) is 54.2 Å². The van der Waals surface area contributed by atoms with Crippen molar-refractivity contribution in [1.29, 1.82) is 0 Å². The van der Waals surface area contributed by atoms with Crippen LogP contribution >= 0.6 is 11.6 Å². The first-order valence-electron chi connectivity index (χ1n) is 29.0. The van der Waals surface area contributed by atoms with E-state index in [1.54, 1.807) is 0 Å². The molecule has 6 heteroatoms. The Bertz CT molecular complexity index is 4490. The molecule has 0 bridgehead atoms. The van der Waals surface area contributed by atoms with Crippen molar-refractivity contribution >= 4 is 128 Å². The van der Waals surface area contributed by atoms with Crippen LogP contribution in [0.5, 0.6) is 0 Å². The van der Waals surface area contributed by atoms with Crippen LogP contribution in [0.15, 0.2) is 291 Å². The van der Waals surface area contributed by atoms with Crippen molar-refractivity contribution in [3.8, 4) is 11.4 Å². The second kappa shape index (κ2) is 21.2. The van der Waals surface area contributed by atoms with Gasteiger partial charge in [0, 0.05) is 56.1 Å². The summed E-state index contributed by atoms with van der Waals surface area (Å²) in [6.45, 7) is 4.42. The first-order valence-corrected chi connectivity index (χ1v) is 29.4. The Morgan fingerprint density at radius 3 is 0.917 bits per heavy atom. The van der Waals surface area contributed by atoms with Gasteiger partial charge in [0.1, 0.15) is 0 Å². The van der Waals surface area contributed by atoms with Crippen LogP contribution in [-0.4, -0.2) is 9.13 Å². The summed E-state index contributed by atoms with van der Waals surface area (Å²) in [6, 6.07) is 102. The Morgan fingerprint density at radius 1 is 0.286 bits per heavy atom. The van der Waals surface area contributed by atoms with Gasteiger partial charge >= 0.3 is 0 Å². The number of hydrogen-bond donors (Lipinski definition) is 0. The first kappa shape index (κ1) is 50.6. The van der Waals surface area contributed by atoms with Crippen molar-refractivity contribution in [2.45, 2.75) is 26.7 Å². The summed E-state index contributed by atoms with van der Waals surface area (Å²) in [5.74, 6) is 0. The highest BCUT2D eigenvalue weighted by molar-refractivity contribution is 6.34. The van der Waals surface area contributed by atoms with Gasteiger partial charge in [-0.05, 0) is 143 Å². The van der Waals surface area contributed by atoms with Gasteiger partial charge in [0.25, 0.3) is 0 Å². The SMILES string of the molecule is CCc1ccc(N(c2ccc(CC)cc2)c2cc(-n3ccc4c(N(c5cccc6ccccc56)c5cccc6ccccc56)cccc43)c(Cl)c(-n3ccc4c(N(c5cccc6ccccc56)c5cccc6ccccc56)cccc43)c2)cc1. The molecule has 13 aromatic carbocycles. The van der Waals surface area contributed by atoms with Crippen LogP contribution in [-0.2, 0) is 12.8 Å². The average molecular weight is 1100 g/mol. The number of halogens is 1. The van der Waals surface area contributed by atoms with Gasteiger partial charge < -0.3 is 23.8 Å². The van der Waals surface area contributed by atoms with Gasteiger partial charge in [0.2, 0.25) is 0 Å². The van der Waals surface area contributed by atoms with Crippen LogP contribution in [0.4, 0.5) is 51.2 Å². The van der Waals surface area contributed by atoms with Crippen LogP contribution in [0.25, 0.3) is 76.3 Å².